The van der Waals surface area contributed by atoms with Crippen LogP contribution in [0.15, 0.2) is 22.7 Å². The van der Waals surface area contributed by atoms with Crippen molar-refractivity contribution in [3.8, 4) is 5.75 Å². The van der Waals surface area contributed by atoms with Crippen LogP contribution in [-0.4, -0.2) is 12.4 Å². The van der Waals surface area contributed by atoms with Crippen LogP contribution in [0, 0.1) is 11.2 Å². The lowest BCUT2D eigenvalue weighted by Gasteiger charge is -2.40. The van der Waals surface area contributed by atoms with E-state index >= 15 is 0 Å². The van der Waals surface area contributed by atoms with E-state index in [1.807, 2.05) is 0 Å². The Morgan fingerprint density at radius 1 is 1.38 bits per heavy atom. The van der Waals surface area contributed by atoms with Crippen molar-refractivity contribution in [2.45, 2.75) is 19.3 Å². The molecule has 1 aliphatic rings. The molecule has 1 aromatic rings. The van der Waals surface area contributed by atoms with Crippen LogP contribution in [-0.2, 0) is 0 Å². The molecule has 2 rings (SSSR count). The number of ether oxygens (including phenoxy) is 1. The zero-order valence-corrected chi connectivity index (χ0v) is 11.4. The van der Waals surface area contributed by atoms with E-state index in [-0.39, 0.29) is 11.2 Å². The minimum Gasteiger partial charge on any atom is -0.493 e. The average molecular weight is 305 g/mol. The van der Waals surface area contributed by atoms with Crippen molar-refractivity contribution in [1.82, 2.24) is 0 Å². The highest BCUT2D eigenvalue weighted by molar-refractivity contribution is 9.10. The Labute approximate surface area is 109 Å². The highest BCUT2D eigenvalue weighted by Gasteiger charge is 2.36. The average Bonchev–Trinajstić information content (AvgIpc) is 2.15. The van der Waals surface area contributed by atoms with Crippen molar-refractivity contribution in [3.05, 3.63) is 28.5 Å². The number of halogens is 2. The third-order valence-corrected chi connectivity index (χ3v) is 4.26. The van der Waals surface area contributed by atoms with E-state index in [2.05, 4.69) is 28.6 Å². The third-order valence-electron chi connectivity index (χ3n) is 3.13. The summed E-state index contributed by atoms with van der Waals surface area (Å²) in [4.78, 5) is 0. The quantitative estimate of drug-likeness (QED) is 0.825. The zero-order valence-electron chi connectivity index (χ0n) is 8.88. The Morgan fingerprint density at radius 2 is 2.12 bits per heavy atom. The number of thiol groups is 1. The summed E-state index contributed by atoms with van der Waals surface area (Å²) >= 11 is 7.60. The lowest BCUT2D eigenvalue weighted by Crippen LogP contribution is -2.37. The lowest BCUT2D eigenvalue weighted by atomic mass is 9.71. The molecule has 0 N–H and O–H groups in total. The van der Waals surface area contributed by atoms with Gasteiger partial charge in [-0.15, -0.1) is 0 Å². The normalized spacial score (nSPS) is 17.9. The Kier molecular flexibility index (Phi) is 3.80. The van der Waals surface area contributed by atoms with Crippen molar-refractivity contribution in [2.24, 2.45) is 5.41 Å². The van der Waals surface area contributed by atoms with E-state index in [0.717, 1.165) is 18.6 Å². The first-order valence-corrected chi connectivity index (χ1v) is 6.76. The van der Waals surface area contributed by atoms with Crippen molar-refractivity contribution >= 4 is 28.6 Å². The molecule has 4 heteroatoms. The molecule has 0 saturated heterocycles. The second kappa shape index (κ2) is 4.96. The summed E-state index contributed by atoms with van der Waals surface area (Å²) in [5, 5.41) is 0. The SMILES string of the molecule is Fc1cc(Br)cc(OCC2(CS)CCC2)c1. The first kappa shape index (κ1) is 12.2. The predicted octanol–water partition coefficient (Wildman–Crippen LogP) is 4.07. The molecule has 0 aromatic heterocycles. The van der Waals surface area contributed by atoms with Crippen molar-refractivity contribution in [3.63, 3.8) is 0 Å². The number of hydrogen-bond acceptors (Lipinski definition) is 2. The van der Waals surface area contributed by atoms with Gasteiger partial charge in [-0.25, -0.2) is 4.39 Å². The standard InChI is InChI=1S/C12H14BrFOS/c13-9-4-10(14)6-11(5-9)15-7-12(8-16)2-1-3-12/h4-6,16H,1-3,7-8H2. The van der Waals surface area contributed by atoms with Crippen LogP contribution >= 0.6 is 28.6 Å². The molecule has 1 nitrogen and oxygen atoms in total. The van der Waals surface area contributed by atoms with Gasteiger partial charge in [0.2, 0.25) is 0 Å². The predicted molar refractivity (Wildman–Crippen MR) is 69.7 cm³/mol. The fourth-order valence-corrected chi connectivity index (χ4v) is 2.72. The number of benzene rings is 1. The van der Waals surface area contributed by atoms with Crippen LogP contribution in [0.25, 0.3) is 0 Å². The maximum atomic E-state index is 13.1. The fraction of sp³-hybridized carbons (Fsp3) is 0.500. The van der Waals surface area contributed by atoms with E-state index < -0.39 is 0 Å². The summed E-state index contributed by atoms with van der Waals surface area (Å²) in [5.74, 6) is 1.14. The molecule has 1 aromatic carbocycles. The summed E-state index contributed by atoms with van der Waals surface area (Å²) in [6.45, 7) is 0.631. The third kappa shape index (κ3) is 2.72. The molecular weight excluding hydrogens is 291 g/mol. The topological polar surface area (TPSA) is 9.23 Å². The minimum atomic E-state index is -0.280. The zero-order chi connectivity index (χ0) is 11.6. The molecule has 0 bridgehead atoms. The van der Waals surface area contributed by atoms with Gasteiger partial charge in [-0.2, -0.15) is 12.6 Å². The number of rotatable bonds is 4. The maximum Gasteiger partial charge on any atom is 0.128 e. The largest absolute Gasteiger partial charge is 0.493 e. The van der Waals surface area contributed by atoms with Crippen molar-refractivity contribution in [1.29, 1.82) is 0 Å². The van der Waals surface area contributed by atoms with E-state index in [1.54, 1.807) is 6.07 Å². The highest BCUT2D eigenvalue weighted by atomic mass is 79.9. The Morgan fingerprint density at radius 3 is 2.62 bits per heavy atom. The maximum absolute atomic E-state index is 13.1. The van der Waals surface area contributed by atoms with Gasteiger partial charge in [0.05, 0.1) is 6.61 Å². The monoisotopic (exact) mass is 304 g/mol. The molecule has 16 heavy (non-hydrogen) atoms. The molecular formula is C12H14BrFOS. The molecule has 1 fully saturated rings. The summed E-state index contributed by atoms with van der Waals surface area (Å²) < 4.78 is 19.5. The van der Waals surface area contributed by atoms with Crippen LogP contribution in [0.3, 0.4) is 0 Å². The van der Waals surface area contributed by atoms with Crippen LogP contribution in [0.4, 0.5) is 4.39 Å². The van der Waals surface area contributed by atoms with Crippen LogP contribution in [0.2, 0.25) is 0 Å². The van der Waals surface area contributed by atoms with Gasteiger partial charge in [-0.1, -0.05) is 22.4 Å². The second-order valence-electron chi connectivity index (χ2n) is 4.41. The Balaban J connectivity index is 1.98. The van der Waals surface area contributed by atoms with E-state index in [1.165, 1.54) is 18.6 Å². The summed E-state index contributed by atoms with van der Waals surface area (Å²) in [5.41, 5.74) is 0.210. The van der Waals surface area contributed by atoms with E-state index in [9.17, 15) is 4.39 Å². The lowest BCUT2D eigenvalue weighted by molar-refractivity contribution is 0.0827. The molecule has 88 valence electrons. The summed E-state index contributed by atoms with van der Waals surface area (Å²) in [6, 6.07) is 4.62. The molecule has 0 aliphatic heterocycles. The molecule has 1 saturated carbocycles. The van der Waals surface area contributed by atoms with Gasteiger partial charge in [0.15, 0.2) is 0 Å². The summed E-state index contributed by atoms with van der Waals surface area (Å²) in [7, 11) is 0. The molecule has 0 atom stereocenters. The van der Waals surface area contributed by atoms with E-state index in [4.69, 9.17) is 4.74 Å². The van der Waals surface area contributed by atoms with Gasteiger partial charge in [-0.05, 0) is 30.7 Å². The second-order valence-corrected chi connectivity index (χ2v) is 5.64. The Bertz CT molecular complexity index is 354. The van der Waals surface area contributed by atoms with Crippen molar-refractivity contribution in [2.75, 3.05) is 12.4 Å². The van der Waals surface area contributed by atoms with Crippen LogP contribution in [0.1, 0.15) is 19.3 Å². The Hall–Kier alpha value is -0.220. The molecule has 0 heterocycles. The molecule has 0 amide bonds. The smallest absolute Gasteiger partial charge is 0.128 e. The van der Waals surface area contributed by atoms with Crippen molar-refractivity contribution < 1.29 is 9.13 Å². The minimum absolute atomic E-state index is 0.210. The van der Waals surface area contributed by atoms with E-state index in [0.29, 0.717) is 16.8 Å². The van der Waals surface area contributed by atoms with Gasteiger partial charge in [-0.3, -0.25) is 0 Å². The van der Waals surface area contributed by atoms with Crippen LogP contribution in [0.5, 0.6) is 5.75 Å². The molecule has 0 spiro atoms. The summed E-state index contributed by atoms with van der Waals surface area (Å²) in [6.07, 6.45) is 3.57. The van der Waals surface area contributed by atoms with Gasteiger partial charge < -0.3 is 4.74 Å². The van der Waals surface area contributed by atoms with Gasteiger partial charge in [0.25, 0.3) is 0 Å². The fourth-order valence-electron chi connectivity index (χ4n) is 1.87. The van der Waals surface area contributed by atoms with Gasteiger partial charge in [0, 0.05) is 16.0 Å². The number of hydrogen-bond donors (Lipinski definition) is 1. The first-order valence-electron chi connectivity index (χ1n) is 5.33. The first-order chi connectivity index (χ1) is 7.63. The van der Waals surface area contributed by atoms with Gasteiger partial charge >= 0.3 is 0 Å². The molecule has 1 aliphatic carbocycles. The molecule has 0 radical (unpaired) electrons. The molecule has 0 unspecified atom stereocenters. The highest BCUT2D eigenvalue weighted by Crippen LogP contribution is 2.42. The van der Waals surface area contributed by atoms with Gasteiger partial charge in [0.1, 0.15) is 11.6 Å². The van der Waals surface area contributed by atoms with Crippen LogP contribution < -0.4 is 4.74 Å².